The Morgan fingerprint density at radius 1 is 0.508 bits per heavy atom. The molecule has 3 N–H and O–H groups in total. The third-order valence-corrected chi connectivity index (χ3v) is 10.8. The van der Waals surface area contributed by atoms with E-state index in [4.69, 9.17) is 4.74 Å². The van der Waals surface area contributed by atoms with Crippen molar-refractivity contribution in [3.63, 3.8) is 0 Å². The van der Waals surface area contributed by atoms with Gasteiger partial charge in [-0.3, -0.25) is 9.59 Å². The molecule has 0 rings (SSSR count). The van der Waals surface area contributed by atoms with Crippen molar-refractivity contribution >= 4 is 11.9 Å². The SMILES string of the molecule is CC/C=C\C/C=C\C/C=C\C/C=C\C/C=C\C/C=C\CCC(=O)OC(CCCCCCCCCCC)CC(=O)NC(CO)C(O)CCCCCCCCCCCCCC. The van der Waals surface area contributed by atoms with E-state index in [1.165, 1.54) is 96.3 Å². The molecule has 340 valence electrons. The number of hydrogen-bond donors (Lipinski definition) is 3. The van der Waals surface area contributed by atoms with Crippen LogP contribution in [0.2, 0.25) is 0 Å². The number of unbranched alkanes of at least 4 members (excludes halogenated alkanes) is 19. The second-order valence-electron chi connectivity index (χ2n) is 16.5. The molecule has 3 unspecified atom stereocenters. The van der Waals surface area contributed by atoms with E-state index in [2.05, 4.69) is 92.9 Å². The highest BCUT2D eigenvalue weighted by Crippen LogP contribution is 2.17. The first kappa shape index (κ1) is 56.3. The second-order valence-corrected chi connectivity index (χ2v) is 16.5. The van der Waals surface area contributed by atoms with Gasteiger partial charge in [0.05, 0.1) is 25.2 Å². The average molecular weight is 824 g/mol. The van der Waals surface area contributed by atoms with Crippen LogP contribution < -0.4 is 5.32 Å². The monoisotopic (exact) mass is 824 g/mol. The number of carbonyl (C=O) groups excluding carboxylic acids is 2. The Kier molecular flexibility index (Phi) is 44.2. The van der Waals surface area contributed by atoms with Crippen LogP contribution in [0.3, 0.4) is 0 Å². The van der Waals surface area contributed by atoms with Crippen molar-refractivity contribution in [3.8, 4) is 0 Å². The average Bonchev–Trinajstić information content (AvgIpc) is 3.23. The third kappa shape index (κ3) is 41.8. The Labute approximate surface area is 364 Å². The summed E-state index contributed by atoms with van der Waals surface area (Å²) in [6, 6.07) is -0.715. The Bertz CT molecular complexity index is 1110. The highest BCUT2D eigenvalue weighted by Gasteiger charge is 2.24. The summed E-state index contributed by atoms with van der Waals surface area (Å²) in [7, 11) is 0. The van der Waals surface area contributed by atoms with Crippen LogP contribution in [0.5, 0.6) is 0 Å². The summed E-state index contributed by atoms with van der Waals surface area (Å²) in [5.41, 5.74) is 0. The number of amides is 1. The summed E-state index contributed by atoms with van der Waals surface area (Å²) < 4.78 is 5.86. The van der Waals surface area contributed by atoms with Crippen LogP contribution >= 0.6 is 0 Å². The molecule has 0 aliphatic carbocycles. The molecule has 0 bridgehead atoms. The smallest absolute Gasteiger partial charge is 0.306 e. The number of aliphatic hydroxyl groups excluding tert-OH is 2. The van der Waals surface area contributed by atoms with Gasteiger partial charge in [-0.05, 0) is 64.2 Å². The lowest BCUT2D eigenvalue weighted by atomic mass is 10.0. The number of rotatable bonds is 43. The van der Waals surface area contributed by atoms with Gasteiger partial charge in [-0.15, -0.1) is 0 Å². The van der Waals surface area contributed by atoms with Crippen molar-refractivity contribution in [3.05, 3.63) is 72.9 Å². The molecule has 0 spiro atoms. The van der Waals surface area contributed by atoms with Gasteiger partial charge in [0, 0.05) is 6.42 Å². The van der Waals surface area contributed by atoms with Gasteiger partial charge in [-0.1, -0.05) is 222 Å². The minimum atomic E-state index is -0.799. The fourth-order valence-electron chi connectivity index (χ4n) is 7.10. The molecule has 0 aliphatic rings. The Morgan fingerprint density at radius 3 is 1.29 bits per heavy atom. The number of nitrogens with one attached hydrogen (secondary N) is 1. The molecule has 0 saturated carbocycles. The number of ether oxygens (including phenoxy) is 1. The van der Waals surface area contributed by atoms with Gasteiger partial charge in [0.15, 0.2) is 0 Å². The second kappa shape index (κ2) is 46.4. The Balaban J connectivity index is 4.60. The lowest BCUT2D eigenvalue weighted by molar-refractivity contribution is -0.150. The molecule has 1 amide bonds. The zero-order chi connectivity index (χ0) is 43.1. The molecule has 0 aromatic heterocycles. The maximum atomic E-state index is 13.1. The van der Waals surface area contributed by atoms with E-state index in [0.717, 1.165) is 77.0 Å². The van der Waals surface area contributed by atoms with Gasteiger partial charge in [-0.25, -0.2) is 0 Å². The summed E-state index contributed by atoms with van der Waals surface area (Å²) in [6.45, 7) is 6.33. The number of aliphatic hydroxyl groups is 2. The van der Waals surface area contributed by atoms with Crippen molar-refractivity contribution in [2.24, 2.45) is 0 Å². The normalized spacial score (nSPS) is 13.9. The Morgan fingerprint density at radius 2 is 0.881 bits per heavy atom. The van der Waals surface area contributed by atoms with Gasteiger partial charge >= 0.3 is 5.97 Å². The molecule has 0 aromatic carbocycles. The summed E-state index contributed by atoms with van der Waals surface area (Å²) in [5, 5.41) is 23.7. The van der Waals surface area contributed by atoms with E-state index in [0.29, 0.717) is 19.3 Å². The Hall–Kier alpha value is -2.70. The maximum Gasteiger partial charge on any atom is 0.306 e. The molecule has 6 nitrogen and oxygen atoms in total. The van der Waals surface area contributed by atoms with Crippen molar-refractivity contribution in [2.75, 3.05) is 6.61 Å². The minimum Gasteiger partial charge on any atom is -0.462 e. The van der Waals surface area contributed by atoms with E-state index in [1.807, 2.05) is 6.08 Å². The molecule has 3 atom stereocenters. The predicted octanol–water partition coefficient (Wildman–Crippen LogP) is 14.6. The molecular formula is C53H93NO5. The van der Waals surface area contributed by atoms with Gasteiger partial charge < -0.3 is 20.3 Å². The van der Waals surface area contributed by atoms with Crippen LogP contribution in [0.25, 0.3) is 0 Å². The summed E-state index contributed by atoms with van der Waals surface area (Å²) in [4.78, 5) is 26.0. The molecule has 0 heterocycles. The van der Waals surface area contributed by atoms with E-state index < -0.39 is 18.2 Å². The highest BCUT2D eigenvalue weighted by atomic mass is 16.5. The standard InChI is InChI=1S/C53H93NO5/c1-4-7-10-13-16-19-21-23-24-25-26-27-28-29-31-34-37-40-43-46-53(58)59-49(44-41-38-35-32-18-15-12-9-6-3)47-52(57)54-50(48-55)51(56)45-42-39-36-33-30-22-20-17-14-11-8-5-2/h7,10,16,19,23-24,26-27,29,31,37,40,49-51,55-56H,4-6,8-9,11-15,17-18,20-22,25,28,30,32-36,38-39,41-48H2,1-3H3,(H,54,57)/b10-7-,19-16-,24-23-,27-26-,31-29-,40-37-. The molecular weight excluding hydrogens is 731 g/mol. The highest BCUT2D eigenvalue weighted by molar-refractivity contribution is 5.77. The lowest BCUT2D eigenvalue weighted by Gasteiger charge is -2.24. The molecule has 59 heavy (non-hydrogen) atoms. The van der Waals surface area contributed by atoms with Crippen LogP contribution in [-0.2, 0) is 14.3 Å². The van der Waals surface area contributed by atoms with Gasteiger partial charge in [-0.2, -0.15) is 0 Å². The van der Waals surface area contributed by atoms with Crippen LogP contribution in [-0.4, -0.2) is 46.9 Å². The van der Waals surface area contributed by atoms with Crippen LogP contribution in [0, 0.1) is 0 Å². The quantitative estimate of drug-likeness (QED) is 0.0323. The number of allylic oxidation sites excluding steroid dienone is 12. The van der Waals surface area contributed by atoms with E-state index in [9.17, 15) is 19.8 Å². The molecule has 6 heteroatoms. The van der Waals surface area contributed by atoms with Crippen LogP contribution in [0.15, 0.2) is 72.9 Å². The fraction of sp³-hybridized carbons (Fsp3) is 0.736. The van der Waals surface area contributed by atoms with E-state index in [1.54, 1.807) is 0 Å². The summed E-state index contributed by atoms with van der Waals surface area (Å²) in [6.07, 6.45) is 58.3. The van der Waals surface area contributed by atoms with Crippen molar-refractivity contribution in [1.29, 1.82) is 0 Å². The molecule has 0 saturated heterocycles. The molecule has 0 fully saturated rings. The molecule has 0 radical (unpaired) electrons. The summed E-state index contributed by atoms with van der Waals surface area (Å²) in [5.74, 6) is -0.576. The number of esters is 1. The van der Waals surface area contributed by atoms with Crippen LogP contribution in [0.4, 0.5) is 0 Å². The topological polar surface area (TPSA) is 95.9 Å². The number of hydrogen-bond acceptors (Lipinski definition) is 5. The maximum absolute atomic E-state index is 13.1. The fourth-order valence-corrected chi connectivity index (χ4v) is 7.10. The minimum absolute atomic E-state index is 0.0461. The van der Waals surface area contributed by atoms with Gasteiger partial charge in [0.2, 0.25) is 5.91 Å². The summed E-state index contributed by atoms with van der Waals surface area (Å²) >= 11 is 0. The van der Waals surface area contributed by atoms with Gasteiger partial charge in [0.1, 0.15) is 6.10 Å². The van der Waals surface area contributed by atoms with Crippen molar-refractivity contribution < 1.29 is 24.5 Å². The van der Waals surface area contributed by atoms with Gasteiger partial charge in [0.25, 0.3) is 0 Å². The first-order valence-electron chi connectivity index (χ1n) is 24.7. The van der Waals surface area contributed by atoms with Crippen LogP contribution in [0.1, 0.15) is 226 Å². The van der Waals surface area contributed by atoms with Crippen molar-refractivity contribution in [2.45, 2.75) is 244 Å². The molecule has 0 aliphatic heterocycles. The molecule has 0 aromatic rings. The zero-order valence-electron chi connectivity index (χ0n) is 38.6. The van der Waals surface area contributed by atoms with E-state index in [-0.39, 0.29) is 31.3 Å². The first-order chi connectivity index (χ1) is 29.0. The largest absolute Gasteiger partial charge is 0.462 e. The number of carbonyl (C=O) groups is 2. The lowest BCUT2D eigenvalue weighted by Crippen LogP contribution is -2.46. The van der Waals surface area contributed by atoms with E-state index >= 15 is 0 Å². The first-order valence-corrected chi connectivity index (χ1v) is 24.7. The third-order valence-electron chi connectivity index (χ3n) is 10.8. The zero-order valence-corrected chi connectivity index (χ0v) is 38.6. The predicted molar refractivity (Wildman–Crippen MR) is 255 cm³/mol. The van der Waals surface area contributed by atoms with Crippen molar-refractivity contribution in [1.82, 2.24) is 5.32 Å².